The van der Waals surface area contributed by atoms with E-state index in [2.05, 4.69) is 23.0 Å². The van der Waals surface area contributed by atoms with Crippen molar-refractivity contribution in [2.75, 3.05) is 13.2 Å². The predicted octanol–water partition coefficient (Wildman–Crippen LogP) is 4.38. The highest BCUT2D eigenvalue weighted by Gasteiger charge is 2.43. The molecule has 3 heterocycles. The standard InChI is InChI=1S/C19H22ClF2N3O/c1-13-9-19(17-8-16(20)3-2-15(17)4-7-26-19)5-6-24(13)11-14-10-23-25(12-14)18(21)22/h2-3,8,10,12-13,18H,4-7,9,11H2,1H3/t13-,19+/m0/s1. The van der Waals surface area contributed by atoms with Gasteiger partial charge < -0.3 is 4.74 Å². The molecule has 2 atom stereocenters. The Labute approximate surface area is 156 Å². The number of halogens is 3. The molecule has 2 aromatic rings. The van der Waals surface area contributed by atoms with Crippen molar-refractivity contribution in [1.82, 2.24) is 14.7 Å². The lowest BCUT2D eigenvalue weighted by Crippen LogP contribution is -2.50. The van der Waals surface area contributed by atoms with Crippen LogP contribution >= 0.6 is 11.6 Å². The molecular formula is C19H22ClF2N3O. The second-order valence-corrected chi connectivity index (χ2v) is 7.71. The number of likely N-dealkylation sites (tertiary alicyclic amines) is 1. The molecule has 1 aromatic heterocycles. The average molecular weight is 382 g/mol. The molecule has 0 radical (unpaired) electrons. The molecule has 1 saturated heterocycles. The topological polar surface area (TPSA) is 30.3 Å². The normalized spacial score (nSPS) is 26.4. The molecule has 4 rings (SSSR count). The van der Waals surface area contributed by atoms with Crippen LogP contribution in [0, 0.1) is 0 Å². The van der Waals surface area contributed by atoms with Crippen molar-refractivity contribution in [3.63, 3.8) is 0 Å². The summed E-state index contributed by atoms with van der Waals surface area (Å²) in [5.74, 6) is 0. The van der Waals surface area contributed by atoms with Gasteiger partial charge in [0.05, 0.1) is 18.4 Å². The van der Waals surface area contributed by atoms with Gasteiger partial charge in [-0.3, -0.25) is 4.90 Å². The lowest BCUT2D eigenvalue weighted by molar-refractivity contribution is -0.113. The van der Waals surface area contributed by atoms with Crippen molar-refractivity contribution >= 4 is 11.6 Å². The molecule has 0 bridgehead atoms. The summed E-state index contributed by atoms with van der Waals surface area (Å²) < 4.78 is 32.4. The number of hydrogen-bond donors (Lipinski definition) is 0. The van der Waals surface area contributed by atoms with Crippen LogP contribution in [0.2, 0.25) is 5.02 Å². The van der Waals surface area contributed by atoms with Crippen molar-refractivity contribution in [3.05, 3.63) is 52.3 Å². The molecule has 0 amide bonds. The molecule has 1 aromatic carbocycles. The smallest absolute Gasteiger partial charge is 0.333 e. The third kappa shape index (κ3) is 3.26. The number of ether oxygens (including phenoxy) is 1. The maximum absolute atomic E-state index is 12.7. The number of nitrogens with zero attached hydrogens (tertiary/aromatic N) is 3. The molecule has 2 aliphatic heterocycles. The van der Waals surface area contributed by atoms with Crippen molar-refractivity contribution in [1.29, 1.82) is 0 Å². The number of fused-ring (bicyclic) bond motifs is 2. The van der Waals surface area contributed by atoms with Crippen molar-refractivity contribution in [3.8, 4) is 0 Å². The second-order valence-electron chi connectivity index (χ2n) is 7.27. The fourth-order valence-electron chi connectivity index (χ4n) is 4.29. The predicted molar refractivity (Wildman–Crippen MR) is 95.4 cm³/mol. The van der Waals surface area contributed by atoms with E-state index < -0.39 is 6.55 Å². The number of rotatable bonds is 3. The minimum absolute atomic E-state index is 0.267. The summed E-state index contributed by atoms with van der Waals surface area (Å²) in [6.07, 6.45) is 5.60. The monoisotopic (exact) mass is 381 g/mol. The van der Waals surface area contributed by atoms with Gasteiger partial charge in [0.1, 0.15) is 0 Å². The summed E-state index contributed by atoms with van der Waals surface area (Å²) in [4.78, 5) is 2.31. The zero-order valence-electron chi connectivity index (χ0n) is 14.7. The van der Waals surface area contributed by atoms with E-state index in [1.807, 2.05) is 12.1 Å². The van der Waals surface area contributed by atoms with E-state index in [0.717, 1.165) is 43.0 Å². The van der Waals surface area contributed by atoms with Gasteiger partial charge in [0, 0.05) is 35.9 Å². The molecule has 0 unspecified atom stereocenters. The van der Waals surface area contributed by atoms with Crippen LogP contribution in [0.5, 0.6) is 0 Å². The zero-order valence-corrected chi connectivity index (χ0v) is 15.4. The SMILES string of the molecule is C[C@H]1C[C@@]2(CCN1Cc1cnn(C(F)F)c1)OCCc1ccc(Cl)cc12. The molecule has 4 nitrogen and oxygen atoms in total. The Bertz CT molecular complexity index is 797. The van der Waals surface area contributed by atoms with E-state index in [-0.39, 0.29) is 11.6 Å². The van der Waals surface area contributed by atoms with Gasteiger partial charge >= 0.3 is 6.55 Å². The van der Waals surface area contributed by atoms with E-state index >= 15 is 0 Å². The summed E-state index contributed by atoms with van der Waals surface area (Å²) >= 11 is 6.24. The van der Waals surface area contributed by atoms with Crippen LogP contribution in [0.3, 0.4) is 0 Å². The van der Waals surface area contributed by atoms with Crippen LogP contribution in [-0.4, -0.2) is 33.9 Å². The molecule has 1 fully saturated rings. The third-order valence-electron chi connectivity index (χ3n) is 5.60. The van der Waals surface area contributed by atoms with Crippen molar-refractivity contribution < 1.29 is 13.5 Å². The Morgan fingerprint density at radius 3 is 3.00 bits per heavy atom. The molecule has 26 heavy (non-hydrogen) atoms. The maximum Gasteiger partial charge on any atom is 0.333 e. The molecule has 0 aliphatic carbocycles. The average Bonchev–Trinajstić information content (AvgIpc) is 3.07. The minimum Gasteiger partial charge on any atom is -0.370 e. The first-order chi connectivity index (χ1) is 12.5. The Hall–Kier alpha value is -1.50. The van der Waals surface area contributed by atoms with Gasteiger partial charge in [-0.15, -0.1) is 0 Å². The van der Waals surface area contributed by atoms with Gasteiger partial charge in [0.2, 0.25) is 0 Å². The van der Waals surface area contributed by atoms with E-state index in [1.54, 1.807) is 0 Å². The lowest BCUT2D eigenvalue weighted by Gasteiger charge is -2.48. The lowest BCUT2D eigenvalue weighted by atomic mass is 9.77. The quantitative estimate of drug-likeness (QED) is 0.790. The van der Waals surface area contributed by atoms with E-state index in [9.17, 15) is 8.78 Å². The van der Waals surface area contributed by atoms with Crippen molar-refractivity contribution in [2.45, 2.75) is 50.9 Å². The van der Waals surface area contributed by atoms with Gasteiger partial charge in [0.15, 0.2) is 0 Å². The Morgan fingerprint density at radius 2 is 2.27 bits per heavy atom. The van der Waals surface area contributed by atoms with E-state index in [0.29, 0.717) is 11.2 Å². The highest BCUT2D eigenvalue weighted by Crippen LogP contribution is 2.44. The maximum atomic E-state index is 12.7. The van der Waals surface area contributed by atoms with Gasteiger partial charge in [-0.25, -0.2) is 4.68 Å². The Kier molecular flexibility index (Phi) is 4.75. The summed E-state index contributed by atoms with van der Waals surface area (Å²) in [5, 5.41) is 4.47. The van der Waals surface area contributed by atoms with Gasteiger partial charge in [-0.2, -0.15) is 13.9 Å². The Morgan fingerprint density at radius 1 is 1.42 bits per heavy atom. The van der Waals surface area contributed by atoms with E-state index in [1.165, 1.54) is 23.5 Å². The van der Waals surface area contributed by atoms with Crippen molar-refractivity contribution in [2.24, 2.45) is 0 Å². The third-order valence-corrected chi connectivity index (χ3v) is 5.84. The molecule has 2 aliphatic rings. The van der Waals surface area contributed by atoms with Crippen LogP contribution in [0.4, 0.5) is 8.78 Å². The number of benzene rings is 1. The summed E-state index contributed by atoms with van der Waals surface area (Å²) in [6.45, 7) is 1.75. The molecule has 0 saturated carbocycles. The zero-order chi connectivity index (χ0) is 18.3. The Balaban J connectivity index is 1.51. The molecule has 1 spiro atoms. The largest absolute Gasteiger partial charge is 0.370 e. The van der Waals surface area contributed by atoms with Crippen LogP contribution in [0.1, 0.15) is 43.0 Å². The van der Waals surface area contributed by atoms with Crippen LogP contribution in [0.25, 0.3) is 0 Å². The molecular weight excluding hydrogens is 360 g/mol. The first kappa shape index (κ1) is 17.9. The first-order valence-corrected chi connectivity index (χ1v) is 9.33. The summed E-state index contributed by atoms with van der Waals surface area (Å²) in [6, 6.07) is 6.37. The highest BCUT2D eigenvalue weighted by molar-refractivity contribution is 6.30. The van der Waals surface area contributed by atoms with Crippen LogP contribution in [-0.2, 0) is 23.3 Å². The number of piperidine rings is 1. The molecule has 140 valence electrons. The number of aromatic nitrogens is 2. The fraction of sp³-hybridized carbons (Fsp3) is 0.526. The fourth-order valence-corrected chi connectivity index (χ4v) is 4.46. The van der Waals surface area contributed by atoms with E-state index in [4.69, 9.17) is 16.3 Å². The van der Waals surface area contributed by atoms with Crippen LogP contribution in [0.15, 0.2) is 30.6 Å². The van der Waals surface area contributed by atoms with Gasteiger partial charge in [-0.1, -0.05) is 17.7 Å². The number of hydrogen-bond acceptors (Lipinski definition) is 3. The molecule has 0 N–H and O–H groups in total. The minimum atomic E-state index is -2.59. The second kappa shape index (κ2) is 6.91. The number of alkyl halides is 2. The van der Waals surface area contributed by atoms with Gasteiger partial charge in [0.25, 0.3) is 0 Å². The van der Waals surface area contributed by atoms with Crippen LogP contribution < -0.4 is 0 Å². The first-order valence-electron chi connectivity index (χ1n) is 8.95. The highest BCUT2D eigenvalue weighted by atomic mass is 35.5. The summed E-state index contributed by atoms with van der Waals surface area (Å²) in [7, 11) is 0. The summed E-state index contributed by atoms with van der Waals surface area (Å²) in [5.41, 5.74) is 3.05. The molecule has 7 heteroatoms. The van der Waals surface area contributed by atoms with Gasteiger partial charge in [-0.05, 0) is 49.4 Å².